The predicted molar refractivity (Wildman–Crippen MR) is 157 cm³/mol. The van der Waals surface area contributed by atoms with Crippen molar-refractivity contribution in [3.63, 3.8) is 0 Å². The molecule has 2 heterocycles. The Morgan fingerprint density at radius 3 is 2.56 bits per heavy atom. The number of rotatable bonds is 11. The fourth-order valence-corrected chi connectivity index (χ4v) is 6.93. The molecule has 4 atom stereocenters. The Morgan fingerprint density at radius 2 is 1.83 bits per heavy atom. The summed E-state index contributed by atoms with van der Waals surface area (Å²) in [5.74, 6) is -1.73. The van der Waals surface area contributed by atoms with E-state index in [0.717, 1.165) is 35.1 Å². The van der Waals surface area contributed by atoms with Crippen LogP contribution in [0.4, 0.5) is 0 Å². The van der Waals surface area contributed by atoms with Gasteiger partial charge in [-0.05, 0) is 85.6 Å². The number of amides is 2. The molecule has 8 heteroatoms. The van der Waals surface area contributed by atoms with Crippen LogP contribution in [0.3, 0.4) is 0 Å². The Labute approximate surface area is 245 Å². The molecule has 7 nitrogen and oxygen atoms in total. The van der Waals surface area contributed by atoms with Gasteiger partial charge in [0.15, 0.2) is 0 Å². The number of fused-ring (bicyclic) bond motifs is 3. The monoisotopic (exact) mass is 577 g/mol. The highest BCUT2D eigenvalue weighted by Crippen LogP contribution is 2.50. The fourth-order valence-electron chi connectivity index (χ4n) is 6.70. The lowest BCUT2D eigenvalue weighted by atomic mass is 9.70. The van der Waals surface area contributed by atoms with Crippen molar-refractivity contribution >= 4 is 41.0 Å². The van der Waals surface area contributed by atoms with E-state index in [-0.39, 0.29) is 47.8 Å². The van der Waals surface area contributed by atoms with Gasteiger partial charge in [0, 0.05) is 18.9 Å². The Bertz CT molecular complexity index is 1380. The minimum atomic E-state index is -0.829. The molecule has 0 spiro atoms. The third kappa shape index (κ3) is 6.26. The smallest absolute Gasteiger partial charge is 0.303 e. The molecule has 0 radical (unpaired) electrons. The SMILES string of the molecule is CC1=C2[C@@H](CC/C(=C/c3ccc(O)cc3Cl)c3ccccc3)OC[C@@H]2[C@@H]2C(=O)N(CCCCCC(=O)O)C(=O)[C@@H]2C1. The number of phenols is 1. The number of ether oxygens (including phenoxy) is 1. The topological polar surface area (TPSA) is 104 Å². The lowest BCUT2D eigenvalue weighted by Crippen LogP contribution is -2.34. The van der Waals surface area contributed by atoms with Crippen molar-refractivity contribution in [2.45, 2.75) is 58.0 Å². The van der Waals surface area contributed by atoms with E-state index >= 15 is 0 Å². The van der Waals surface area contributed by atoms with Gasteiger partial charge >= 0.3 is 5.97 Å². The van der Waals surface area contributed by atoms with E-state index in [1.807, 2.05) is 18.2 Å². The normalized spacial score (nSPS) is 24.1. The average molecular weight is 578 g/mol. The largest absolute Gasteiger partial charge is 0.508 e. The number of carboxylic acid groups (broad SMARTS) is 1. The summed E-state index contributed by atoms with van der Waals surface area (Å²) in [5.41, 5.74) is 5.32. The number of unbranched alkanes of at least 4 members (excludes halogenated alkanes) is 2. The van der Waals surface area contributed by atoms with Crippen molar-refractivity contribution in [1.29, 1.82) is 0 Å². The van der Waals surface area contributed by atoms with Crippen molar-refractivity contribution in [2.75, 3.05) is 13.2 Å². The molecule has 41 heavy (non-hydrogen) atoms. The molecule has 0 bridgehead atoms. The molecule has 0 saturated carbocycles. The molecule has 2 aromatic rings. The molecule has 2 fully saturated rings. The number of nitrogens with zero attached hydrogens (tertiary/aromatic N) is 1. The second kappa shape index (κ2) is 12.6. The zero-order valence-corrected chi connectivity index (χ0v) is 24.0. The first-order valence-corrected chi connectivity index (χ1v) is 14.7. The first-order chi connectivity index (χ1) is 19.7. The Balaban J connectivity index is 1.29. The average Bonchev–Trinajstić information content (AvgIpc) is 3.47. The maximum absolute atomic E-state index is 13.5. The zero-order valence-electron chi connectivity index (χ0n) is 23.2. The summed E-state index contributed by atoms with van der Waals surface area (Å²) in [6.07, 6.45) is 5.87. The lowest BCUT2D eigenvalue weighted by molar-refractivity contribution is -0.141. The number of aromatic hydroxyl groups is 1. The number of phenolic OH excluding ortho intramolecular Hbond substituents is 1. The molecule has 0 aromatic heterocycles. The number of likely N-dealkylation sites (tertiary alicyclic amines) is 1. The molecule has 1 aliphatic carbocycles. The number of aliphatic carboxylic acids is 1. The van der Waals surface area contributed by atoms with E-state index in [9.17, 15) is 19.5 Å². The van der Waals surface area contributed by atoms with Crippen molar-refractivity contribution in [3.05, 3.63) is 75.8 Å². The van der Waals surface area contributed by atoms with Gasteiger partial charge in [-0.15, -0.1) is 0 Å². The third-order valence-electron chi connectivity index (χ3n) is 8.65. The Kier molecular flexibility index (Phi) is 8.95. The van der Waals surface area contributed by atoms with Crippen molar-refractivity contribution in [2.24, 2.45) is 17.8 Å². The van der Waals surface area contributed by atoms with Gasteiger partial charge in [-0.25, -0.2) is 0 Å². The summed E-state index contributed by atoms with van der Waals surface area (Å²) in [6.45, 7) is 2.84. The third-order valence-corrected chi connectivity index (χ3v) is 8.98. The van der Waals surface area contributed by atoms with E-state index in [4.69, 9.17) is 21.4 Å². The van der Waals surface area contributed by atoms with Crippen LogP contribution in [0.2, 0.25) is 5.02 Å². The molecule has 2 saturated heterocycles. The minimum absolute atomic E-state index is 0.0945. The van der Waals surface area contributed by atoms with Crippen molar-refractivity contribution < 1.29 is 29.3 Å². The van der Waals surface area contributed by atoms with Gasteiger partial charge in [0.25, 0.3) is 0 Å². The first kappa shape index (κ1) is 29.1. The number of allylic oxidation sites excluding steroid dienone is 2. The molecular weight excluding hydrogens is 542 g/mol. The van der Waals surface area contributed by atoms with E-state index in [2.05, 4.69) is 25.1 Å². The van der Waals surface area contributed by atoms with Crippen LogP contribution in [-0.2, 0) is 19.1 Å². The highest BCUT2D eigenvalue weighted by molar-refractivity contribution is 6.32. The number of carbonyl (C=O) groups is 3. The molecule has 216 valence electrons. The molecule has 5 rings (SSSR count). The van der Waals surface area contributed by atoms with E-state index in [1.165, 1.54) is 16.5 Å². The number of hydrogen-bond donors (Lipinski definition) is 2. The number of carboxylic acids is 1. The van der Waals surface area contributed by atoms with Gasteiger partial charge in [-0.2, -0.15) is 0 Å². The Morgan fingerprint density at radius 1 is 1.05 bits per heavy atom. The molecule has 3 aliphatic rings. The van der Waals surface area contributed by atoms with Crippen molar-refractivity contribution in [1.82, 2.24) is 4.90 Å². The van der Waals surface area contributed by atoms with E-state index in [1.54, 1.807) is 12.1 Å². The van der Waals surface area contributed by atoms with Crippen LogP contribution in [0.1, 0.15) is 63.0 Å². The molecule has 2 aromatic carbocycles. The van der Waals surface area contributed by atoms with Gasteiger partial charge in [0.2, 0.25) is 11.8 Å². The number of carbonyl (C=O) groups excluding carboxylic acids is 2. The number of imide groups is 1. The van der Waals surface area contributed by atoms with Crippen LogP contribution < -0.4 is 0 Å². The summed E-state index contributed by atoms with van der Waals surface area (Å²) in [6, 6.07) is 15.1. The summed E-state index contributed by atoms with van der Waals surface area (Å²) in [4.78, 5) is 38.9. The van der Waals surface area contributed by atoms with Crippen LogP contribution in [0.5, 0.6) is 5.75 Å². The first-order valence-electron chi connectivity index (χ1n) is 14.4. The minimum Gasteiger partial charge on any atom is -0.508 e. The second-order valence-corrected chi connectivity index (χ2v) is 11.7. The summed E-state index contributed by atoms with van der Waals surface area (Å²) in [7, 11) is 0. The molecule has 2 N–H and O–H groups in total. The van der Waals surface area contributed by atoms with E-state index < -0.39 is 5.97 Å². The van der Waals surface area contributed by atoms with Crippen LogP contribution in [0, 0.1) is 17.8 Å². The van der Waals surface area contributed by atoms with Crippen LogP contribution in [0.25, 0.3) is 11.6 Å². The summed E-state index contributed by atoms with van der Waals surface area (Å²) in [5, 5.41) is 19.1. The maximum Gasteiger partial charge on any atom is 0.303 e. The van der Waals surface area contributed by atoms with Gasteiger partial charge in [-0.3, -0.25) is 19.3 Å². The van der Waals surface area contributed by atoms with Gasteiger partial charge in [-0.1, -0.05) is 53.9 Å². The predicted octanol–water partition coefficient (Wildman–Crippen LogP) is 6.35. The standard InChI is InChI=1S/C33H36ClNO6/c1-20-16-25-31(33(40)35(32(25)39)15-7-3-6-10-29(37)38)26-19-41-28(30(20)26)14-12-22(21-8-4-2-5-9-21)17-23-11-13-24(36)18-27(23)34/h2,4-5,8-9,11,13,17-18,25-26,28,31,36H,3,6-7,10,12,14-16,19H2,1H3,(H,37,38)/b22-17-/t25-,26+,28-,31-/m1/s1. The zero-order chi connectivity index (χ0) is 29.1. The van der Waals surface area contributed by atoms with E-state index in [0.29, 0.717) is 43.9 Å². The highest BCUT2D eigenvalue weighted by Gasteiger charge is 2.56. The lowest BCUT2D eigenvalue weighted by Gasteiger charge is -2.30. The highest BCUT2D eigenvalue weighted by atomic mass is 35.5. The Hall–Kier alpha value is -3.42. The second-order valence-electron chi connectivity index (χ2n) is 11.3. The quantitative estimate of drug-likeness (QED) is 0.140. The van der Waals surface area contributed by atoms with Gasteiger partial charge < -0.3 is 14.9 Å². The maximum atomic E-state index is 13.5. The van der Waals surface area contributed by atoms with Gasteiger partial charge in [0.1, 0.15) is 5.75 Å². The van der Waals surface area contributed by atoms with Crippen LogP contribution in [0.15, 0.2) is 59.7 Å². The number of hydrogen-bond acceptors (Lipinski definition) is 5. The van der Waals surface area contributed by atoms with Gasteiger partial charge in [0.05, 0.1) is 29.6 Å². The van der Waals surface area contributed by atoms with Crippen molar-refractivity contribution in [3.8, 4) is 5.75 Å². The summed E-state index contributed by atoms with van der Waals surface area (Å²) < 4.78 is 6.33. The molecule has 2 amide bonds. The molecule has 2 aliphatic heterocycles. The fraction of sp³-hybridized carbons (Fsp3) is 0.424. The van der Waals surface area contributed by atoms with Crippen LogP contribution >= 0.6 is 11.6 Å². The van der Waals surface area contributed by atoms with Crippen LogP contribution in [-0.4, -0.2) is 52.2 Å². The molecular formula is C33H36ClNO6. The molecule has 0 unspecified atom stereocenters. The number of benzene rings is 2. The number of halogens is 1. The summed E-state index contributed by atoms with van der Waals surface area (Å²) >= 11 is 6.42.